The van der Waals surface area contributed by atoms with Crippen LogP contribution in [0.15, 0.2) is 0 Å². The van der Waals surface area contributed by atoms with Crippen molar-refractivity contribution in [1.29, 1.82) is 0 Å². The van der Waals surface area contributed by atoms with Crippen LogP contribution in [0.1, 0.15) is 152 Å². The van der Waals surface area contributed by atoms with E-state index in [-0.39, 0.29) is 12.5 Å². The van der Waals surface area contributed by atoms with Crippen LogP contribution in [-0.4, -0.2) is 177 Å². The summed E-state index contributed by atoms with van der Waals surface area (Å²) in [4.78, 5) is 39.5. The second-order valence-corrected chi connectivity index (χ2v) is 20.1. The molecule has 5 fully saturated rings. The van der Waals surface area contributed by atoms with E-state index in [1.54, 1.807) is 34.6 Å². The van der Waals surface area contributed by atoms with Gasteiger partial charge in [-0.3, -0.25) is 14.4 Å². The lowest BCUT2D eigenvalue weighted by atomic mass is 9.95. The van der Waals surface area contributed by atoms with Crippen molar-refractivity contribution in [1.82, 2.24) is 0 Å². The maximum atomic E-state index is 13.6. The van der Waals surface area contributed by atoms with Crippen LogP contribution in [0, 0.1) is 11.8 Å². The summed E-state index contributed by atoms with van der Waals surface area (Å²) in [6.07, 6.45) is -18.2. The van der Waals surface area contributed by atoms with E-state index in [1.165, 1.54) is 20.8 Å². The molecule has 0 radical (unpaired) electrons. The first-order chi connectivity index (χ1) is 32.8. The Morgan fingerprint density at radius 2 is 1.14 bits per heavy atom. The molecule has 0 aromatic carbocycles. The zero-order valence-corrected chi connectivity index (χ0v) is 42.1. The third-order valence-corrected chi connectivity index (χ3v) is 14.1. The lowest BCUT2D eigenvalue weighted by molar-refractivity contribution is -0.397. The molecule has 0 amide bonds. The van der Waals surface area contributed by atoms with E-state index in [2.05, 4.69) is 6.92 Å². The lowest BCUT2D eigenvalue weighted by Gasteiger charge is -2.50. The Labute approximate surface area is 407 Å². The Bertz CT molecular complexity index is 1570. The van der Waals surface area contributed by atoms with Crippen molar-refractivity contribution in [3.8, 4) is 0 Å². The van der Waals surface area contributed by atoms with Gasteiger partial charge in [0.1, 0.15) is 48.8 Å². The topological polar surface area (TPSA) is 274 Å². The van der Waals surface area contributed by atoms with Gasteiger partial charge in [0.15, 0.2) is 49.6 Å². The van der Waals surface area contributed by atoms with Crippen molar-refractivity contribution in [3.05, 3.63) is 0 Å². The first kappa shape index (κ1) is 57.7. The van der Waals surface area contributed by atoms with Gasteiger partial charge in [0.25, 0.3) is 0 Å². The average molecular weight is 993 g/mol. The van der Waals surface area contributed by atoms with Crippen LogP contribution in [0.5, 0.6) is 0 Å². The van der Waals surface area contributed by atoms with E-state index >= 15 is 0 Å². The minimum atomic E-state index is -1.89. The fourth-order valence-corrected chi connectivity index (χ4v) is 9.31. The minimum absolute atomic E-state index is 0.0286. The zero-order chi connectivity index (χ0) is 50.7. The number of ether oxygens (including phenoxy) is 11. The highest BCUT2D eigenvalue weighted by molar-refractivity contribution is 5.72. The first-order valence-corrected chi connectivity index (χ1v) is 25.7. The van der Waals surface area contributed by atoms with Gasteiger partial charge in [-0.15, -0.1) is 0 Å². The van der Waals surface area contributed by atoms with E-state index in [0.717, 1.165) is 70.6 Å². The second kappa shape index (κ2) is 27.2. The Kier molecular flexibility index (Phi) is 22.8. The van der Waals surface area contributed by atoms with Crippen molar-refractivity contribution in [3.63, 3.8) is 0 Å². The quantitative estimate of drug-likeness (QED) is 0.0878. The van der Waals surface area contributed by atoms with Crippen LogP contribution in [0.2, 0.25) is 0 Å². The van der Waals surface area contributed by atoms with Gasteiger partial charge in [0.05, 0.1) is 42.4 Å². The standard InChI is InChI=1S/C49H84O20/c1-10-12-18-21-30-22-19-16-14-13-15-17-20-23-31(50)64-40-33(52)27(7)60-49(68-42-34(53)32(51)26(6)59-48(42)63-30)43(40)69-47-37(56)41(66-45(58)25(5)11-2)39(29(9)62-47)67-46-36(55)35(54)38(28(8)61-46)65-44(57)24(3)4/h24-30,32-43,46-49,51-56H,10-23H2,1-9H3. The van der Waals surface area contributed by atoms with Gasteiger partial charge in [0.2, 0.25) is 0 Å². The monoisotopic (exact) mass is 993 g/mol. The maximum Gasteiger partial charge on any atom is 0.309 e. The summed E-state index contributed by atoms with van der Waals surface area (Å²) in [7, 11) is 0. The van der Waals surface area contributed by atoms with Gasteiger partial charge in [-0.25, -0.2) is 0 Å². The van der Waals surface area contributed by atoms with Crippen molar-refractivity contribution in [2.45, 2.75) is 281 Å². The van der Waals surface area contributed by atoms with Gasteiger partial charge < -0.3 is 82.7 Å². The number of fused-ring (bicyclic) bond motifs is 3. The normalized spacial score (nSPS) is 42.7. The number of carbonyl (C=O) groups is 3. The largest absolute Gasteiger partial charge is 0.457 e. The van der Waals surface area contributed by atoms with Crippen molar-refractivity contribution in [2.24, 2.45) is 11.8 Å². The molecule has 22 atom stereocenters. The van der Waals surface area contributed by atoms with E-state index in [9.17, 15) is 45.0 Å². The number of carbonyl (C=O) groups excluding carboxylic acids is 3. The van der Waals surface area contributed by atoms with Gasteiger partial charge in [-0.05, 0) is 53.4 Å². The predicted molar refractivity (Wildman–Crippen MR) is 243 cm³/mol. The molecule has 5 heterocycles. The molecule has 20 nitrogen and oxygen atoms in total. The number of rotatable bonds is 13. The Morgan fingerprint density at radius 3 is 1.80 bits per heavy atom. The van der Waals surface area contributed by atoms with Crippen LogP contribution >= 0.6 is 0 Å². The molecule has 22 unspecified atom stereocenters. The smallest absolute Gasteiger partial charge is 0.309 e. The predicted octanol–water partition coefficient (Wildman–Crippen LogP) is 3.21. The molecule has 0 aliphatic carbocycles. The highest BCUT2D eigenvalue weighted by atomic mass is 16.8. The number of aliphatic hydroxyl groups is 6. The molecular weight excluding hydrogens is 909 g/mol. The molecular formula is C49H84O20. The molecule has 20 heteroatoms. The Hall–Kier alpha value is -2.15. The van der Waals surface area contributed by atoms with Crippen molar-refractivity contribution < 1.29 is 97.1 Å². The number of unbranched alkanes of at least 4 members (excludes halogenated alkanes) is 2. The first-order valence-electron chi connectivity index (χ1n) is 25.7. The van der Waals surface area contributed by atoms with Crippen molar-refractivity contribution >= 4 is 17.9 Å². The summed E-state index contributed by atoms with van der Waals surface area (Å²) >= 11 is 0. The van der Waals surface area contributed by atoms with E-state index in [0.29, 0.717) is 12.8 Å². The van der Waals surface area contributed by atoms with Crippen LogP contribution in [-0.2, 0) is 66.5 Å². The van der Waals surface area contributed by atoms with E-state index in [1.807, 2.05) is 0 Å². The molecule has 0 spiro atoms. The summed E-state index contributed by atoms with van der Waals surface area (Å²) in [5, 5.41) is 69.1. The molecule has 5 saturated heterocycles. The van der Waals surface area contributed by atoms with Crippen LogP contribution < -0.4 is 0 Å². The number of esters is 3. The van der Waals surface area contributed by atoms with Gasteiger partial charge in [-0.2, -0.15) is 0 Å². The van der Waals surface area contributed by atoms with Gasteiger partial charge >= 0.3 is 17.9 Å². The SMILES string of the molecule is CCCCCC1CCCCCCCCCC(=O)OC2C(O)C(C)OC(OC3C(O1)OC(C)C(O)C3O)C2OC1OC(C)C(OC2OC(C)C(OC(=O)C(C)C)C(O)C2O)C(OC(=O)C(C)CC)C1O. The third kappa shape index (κ3) is 15.2. The molecule has 0 saturated carbocycles. The second-order valence-electron chi connectivity index (χ2n) is 20.1. The fraction of sp³-hybridized carbons (Fsp3) is 0.939. The Morgan fingerprint density at radius 1 is 0.565 bits per heavy atom. The molecule has 0 aromatic heterocycles. The van der Waals surface area contributed by atoms with Crippen LogP contribution in [0.3, 0.4) is 0 Å². The molecule has 5 aliphatic rings. The average Bonchev–Trinajstić information content (AvgIpc) is 3.31. The van der Waals surface area contributed by atoms with Crippen molar-refractivity contribution in [2.75, 3.05) is 0 Å². The molecule has 5 aliphatic heterocycles. The molecule has 0 aromatic rings. The molecule has 400 valence electrons. The lowest BCUT2D eigenvalue weighted by Crippen LogP contribution is -2.67. The minimum Gasteiger partial charge on any atom is -0.457 e. The third-order valence-electron chi connectivity index (χ3n) is 14.1. The number of aliphatic hydroxyl groups excluding tert-OH is 6. The maximum absolute atomic E-state index is 13.6. The number of hydrogen-bond acceptors (Lipinski definition) is 20. The number of hydrogen-bond donors (Lipinski definition) is 6. The Balaban J connectivity index is 1.48. The summed E-state index contributed by atoms with van der Waals surface area (Å²) < 4.78 is 67.9. The molecule has 69 heavy (non-hydrogen) atoms. The summed E-state index contributed by atoms with van der Waals surface area (Å²) in [5.74, 6) is -3.14. The van der Waals surface area contributed by atoms with Gasteiger partial charge in [0, 0.05) is 6.42 Å². The summed E-state index contributed by atoms with van der Waals surface area (Å²) in [6.45, 7) is 14.9. The summed E-state index contributed by atoms with van der Waals surface area (Å²) in [5.41, 5.74) is 0. The highest BCUT2D eigenvalue weighted by Crippen LogP contribution is 2.38. The van der Waals surface area contributed by atoms with Crippen LogP contribution in [0.4, 0.5) is 0 Å². The molecule has 5 rings (SSSR count). The zero-order valence-electron chi connectivity index (χ0n) is 42.1. The van der Waals surface area contributed by atoms with E-state index in [4.69, 9.17) is 52.1 Å². The fourth-order valence-electron chi connectivity index (χ4n) is 9.31. The summed E-state index contributed by atoms with van der Waals surface area (Å²) in [6, 6.07) is 0. The van der Waals surface area contributed by atoms with Gasteiger partial charge in [-0.1, -0.05) is 92.4 Å². The molecule has 6 N–H and O–H groups in total. The highest BCUT2D eigenvalue weighted by Gasteiger charge is 2.57. The molecule has 2 bridgehead atoms. The van der Waals surface area contributed by atoms with E-state index < -0.39 is 153 Å². The van der Waals surface area contributed by atoms with Crippen LogP contribution in [0.25, 0.3) is 0 Å².